The summed E-state index contributed by atoms with van der Waals surface area (Å²) in [5.41, 5.74) is 5.63. The molecular formula is C18H21NO3S. The van der Waals surface area contributed by atoms with Gasteiger partial charge in [0, 0.05) is 10.9 Å². The molecule has 0 fully saturated rings. The number of hydrogen-bond acceptors (Lipinski definition) is 5. The average molecular weight is 331 g/mol. The van der Waals surface area contributed by atoms with Crippen LogP contribution in [0.15, 0.2) is 11.4 Å². The first-order chi connectivity index (χ1) is 10.8. The number of carbonyl (C=O) groups is 2. The molecule has 0 aliphatic heterocycles. The van der Waals surface area contributed by atoms with Gasteiger partial charge in [-0.3, -0.25) is 9.59 Å². The van der Waals surface area contributed by atoms with Crippen LogP contribution in [0, 0.1) is 34.6 Å². The Hall–Kier alpha value is -2.01. The summed E-state index contributed by atoms with van der Waals surface area (Å²) in [5.74, 6) is -0.599. The lowest BCUT2D eigenvalue weighted by Crippen LogP contribution is -2.17. The number of aryl methyl sites for hydroxylation is 2. The molecule has 0 bridgehead atoms. The Kier molecular flexibility index (Phi) is 5.31. The maximum atomic E-state index is 12.4. The van der Waals surface area contributed by atoms with Crippen LogP contribution in [0.2, 0.25) is 0 Å². The lowest BCUT2D eigenvalue weighted by atomic mass is 9.93. The number of nitrogens with zero attached hydrogens (tertiary/aromatic N) is 1. The Balaban J connectivity index is 2.01. The third kappa shape index (κ3) is 4.05. The first-order valence-corrected chi connectivity index (χ1v) is 8.34. The van der Waals surface area contributed by atoms with Gasteiger partial charge in [0.1, 0.15) is 0 Å². The van der Waals surface area contributed by atoms with Gasteiger partial charge < -0.3 is 4.74 Å². The van der Waals surface area contributed by atoms with Crippen LogP contribution in [0.5, 0.6) is 0 Å². The molecule has 0 N–H and O–H groups in total. The molecule has 1 heterocycles. The maximum Gasteiger partial charge on any atom is 0.312 e. The molecule has 0 saturated carbocycles. The Morgan fingerprint density at radius 3 is 2.39 bits per heavy atom. The predicted octanol–water partition coefficient (Wildman–Crippen LogP) is 3.65. The van der Waals surface area contributed by atoms with Gasteiger partial charge in [-0.25, -0.2) is 4.98 Å². The number of rotatable bonds is 5. The summed E-state index contributed by atoms with van der Waals surface area (Å²) in [5, 5.41) is 2.74. The minimum Gasteiger partial charge on any atom is -0.457 e. The molecule has 23 heavy (non-hydrogen) atoms. The predicted molar refractivity (Wildman–Crippen MR) is 91.2 cm³/mol. The second-order valence-electron chi connectivity index (χ2n) is 5.73. The van der Waals surface area contributed by atoms with Crippen LogP contribution in [-0.4, -0.2) is 23.3 Å². The SMILES string of the molecule is Cc1nc(CC(=O)OCC(=O)c2cc(C)c(C)c(C)c2C)cs1. The number of thiazole rings is 1. The van der Waals surface area contributed by atoms with E-state index in [2.05, 4.69) is 4.98 Å². The molecule has 2 rings (SSSR count). The van der Waals surface area contributed by atoms with Crippen LogP contribution in [0.3, 0.4) is 0 Å². The van der Waals surface area contributed by atoms with Gasteiger partial charge in [-0.05, 0) is 62.9 Å². The fourth-order valence-electron chi connectivity index (χ4n) is 2.41. The summed E-state index contributed by atoms with van der Waals surface area (Å²) < 4.78 is 5.11. The highest BCUT2D eigenvalue weighted by atomic mass is 32.1. The summed E-state index contributed by atoms with van der Waals surface area (Å²) in [4.78, 5) is 28.4. The van der Waals surface area contributed by atoms with Crippen LogP contribution in [0.1, 0.15) is 43.3 Å². The van der Waals surface area contributed by atoms with Crippen molar-refractivity contribution in [3.63, 3.8) is 0 Å². The van der Waals surface area contributed by atoms with E-state index in [0.717, 1.165) is 21.7 Å². The Labute approximate surface area is 140 Å². The van der Waals surface area contributed by atoms with E-state index in [1.807, 2.05) is 46.1 Å². The maximum absolute atomic E-state index is 12.4. The number of hydrogen-bond donors (Lipinski definition) is 0. The largest absolute Gasteiger partial charge is 0.457 e. The highest BCUT2D eigenvalue weighted by Gasteiger charge is 2.16. The van der Waals surface area contributed by atoms with Gasteiger partial charge in [-0.2, -0.15) is 0 Å². The molecule has 122 valence electrons. The van der Waals surface area contributed by atoms with Crippen LogP contribution in [0.25, 0.3) is 0 Å². The van der Waals surface area contributed by atoms with Gasteiger partial charge in [0.25, 0.3) is 0 Å². The van der Waals surface area contributed by atoms with Crippen LogP contribution in [0.4, 0.5) is 0 Å². The van der Waals surface area contributed by atoms with Crippen molar-refractivity contribution in [3.05, 3.63) is 50.0 Å². The number of carbonyl (C=O) groups excluding carboxylic acids is 2. The van der Waals surface area contributed by atoms with Crippen LogP contribution >= 0.6 is 11.3 Å². The van der Waals surface area contributed by atoms with E-state index in [1.54, 1.807) is 0 Å². The van der Waals surface area contributed by atoms with Crippen molar-refractivity contribution in [2.24, 2.45) is 0 Å². The number of aromatic nitrogens is 1. The minimum atomic E-state index is -0.429. The van der Waals surface area contributed by atoms with Crippen molar-refractivity contribution >= 4 is 23.1 Å². The molecule has 0 aliphatic rings. The highest BCUT2D eigenvalue weighted by Crippen LogP contribution is 2.21. The topological polar surface area (TPSA) is 56.3 Å². The van der Waals surface area contributed by atoms with Gasteiger partial charge >= 0.3 is 5.97 Å². The zero-order chi connectivity index (χ0) is 17.1. The second-order valence-corrected chi connectivity index (χ2v) is 6.80. The van der Waals surface area contributed by atoms with E-state index in [0.29, 0.717) is 11.3 Å². The molecule has 2 aromatic rings. The lowest BCUT2D eigenvalue weighted by Gasteiger charge is -2.13. The molecule has 1 aromatic heterocycles. The second kappa shape index (κ2) is 7.04. The Morgan fingerprint density at radius 1 is 1.09 bits per heavy atom. The first kappa shape index (κ1) is 17.3. The number of ketones is 1. The molecule has 0 unspecified atom stereocenters. The lowest BCUT2D eigenvalue weighted by molar-refractivity contribution is -0.141. The third-order valence-electron chi connectivity index (χ3n) is 4.14. The zero-order valence-corrected chi connectivity index (χ0v) is 15.0. The molecule has 0 spiro atoms. The third-order valence-corrected chi connectivity index (χ3v) is 4.96. The molecule has 0 amide bonds. The summed E-state index contributed by atoms with van der Waals surface area (Å²) in [6, 6.07) is 1.87. The minimum absolute atomic E-state index is 0.0998. The smallest absolute Gasteiger partial charge is 0.312 e. The summed E-state index contributed by atoms with van der Waals surface area (Å²) in [7, 11) is 0. The van der Waals surface area contributed by atoms with Gasteiger partial charge in [-0.15, -0.1) is 11.3 Å². The summed E-state index contributed by atoms with van der Waals surface area (Å²) in [6.45, 7) is 9.61. The molecule has 0 aliphatic carbocycles. The van der Waals surface area contributed by atoms with Crippen molar-refractivity contribution in [1.82, 2.24) is 4.98 Å². The van der Waals surface area contributed by atoms with E-state index >= 15 is 0 Å². The van der Waals surface area contributed by atoms with E-state index in [-0.39, 0.29) is 18.8 Å². The van der Waals surface area contributed by atoms with Gasteiger partial charge in [0.05, 0.1) is 17.1 Å². The molecule has 1 aromatic carbocycles. The molecule has 0 saturated heterocycles. The summed E-state index contributed by atoms with van der Waals surface area (Å²) in [6.07, 6.45) is 0.0998. The number of benzene rings is 1. The zero-order valence-electron chi connectivity index (χ0n) is 14.1. The van der Waals surface area contributed by atoms with Crippen molar-refractivity contribution in [3.8, 4) is 0 Å². The summed E-state index contributed by atoms with van der Waals surface area (Å²) >= 11 is 1.49. The van der Waals surface area contributed by atoms with E-state index in [4.69, 9.17) is 4.74 Å². The standard InChI is InChI=1S/C18H21NO3S/c1-10-6-16(13(4)12(3)11(10)2)17(20)8-22-18(21)7-15-9-23-14(5)19-15/h6,9H,7-8H2,1-5H3. The van der Waals surface area contributed by atoms with Crippen molar-refractivity contribution in [2.45, 2.75) is 41.0 Å². The van der Waals surface area contributed by atoms with Crippen LogP contribution < -0.4 is 0 Å². The highest BCUT2D eigenvalue weighted by molar-refractivity contribution is 7.09. The number of Topliss-reactive ketones (excluding diaryl/α,β-unsaturated/α-hetero) is 1. The molecule has 4 nitrogen and oxygen atoms in total. The molecular weight excluding hydrogens is 310 g/mol. The molecule has 0 atom stereocenters. The van der Waals surface area contributed by atoms with E-state index in [9.17, 15) is 9.59 Å². The van der Waals surface area contributed by atoms with E-state index < -0.39 is 5.97 Å². The van der Waals surface area contributed by atoms with Crippen molar-refractivity contribution in [1.29, 1.82) is 0 Å². The van der Waals surface area contributed by atoms with E-state index in [1.165, 1.54) is 16.9 Å². The number of ether oxygens (including phenoxy) is 1. The van der Waals surface area contributed by atoms with Crippen molar-refractivity contribution < 1.29 is 14.3 Å². The monoisotopic (exact) mass is 331 g/mol. The average Bonchev–Trinajstić information content (AvgIpc) is 2.91. The van der Waals surface area contributed by atoms with Crippen molar-refractivity contribution in [2.75, 3.05) is 6.61 Å². The fourth-order valence-corrected chi connectivity index (χ4v) is 3.03. The Morgan fingerprint density at radius 2 is 1.78 bits per heavy atom. The normalized spacial score (nSPS) is 10.7. The van der Waals surface area contributed by atoms with Crippen LogP contribution in [-0.2, 0) is 16.0 Å². The Bertz CT molecular complexity index is 762. The molecule has 5 heteroatoms. The quantitative estimate of drug-likeness (QED) is 0.620. The van der Waals surface area contributed by atoms with Gasteiger partial charge in [0.15, 0.2) is 6.61 Å². The van der Waals surface area contributed by atoms with Gasteiger partial charge in [-0.1, -0.05) is 0 Å². The first-order valence-electron chi connectivity index (χ1n) is 7.46. The van der Waals surface area contributed by atoms with Gasteiger partial charge in [0.2, 0.25) is 5.78 Å². The molecule has 0 radical (unpaired) electrons. The fraction of sp³-hybridized carbons (Fsp3) is 0.389. The number of esters is 1.